The zero-order chi connectivity index (χ0) is 13.4. The van der Waals surface area contributed by atoms with E-state index in [2.05, 4.69) is 59.5 Å². The summed E-state index contributed by atoms with van der Waals surface area (Å²) in [6, 6.07) is 19.2. The van der Waals surface area contributed by atoms with E-state index in [0.29, 0.717) is 5.92 Å². The largest absolute Gasteiger partial charge is 0.347 e. The van der Waals surface area contributed by atoms with Gasteiger partial charge < -0.3 is 4.90 Å². The fraction of sp³-hybridized carbons (Fsp3) is 0.235. The van der Waals surface area contributed by atoms with Gasteiger partial charge in [0.05, 0.1) is 10.2 Å². The molecule has 0 N–H and O–H groups in total. The Hall–Kier alpha value is -1.87. The van der Waals surface area contributed by atoms with Crippen LogP contribution in [-0.2, 0) is 0 Å². The van der Waals surface area contributed by atoms with E-state index in [1.54, 1.807) is 11.3 Å². The Morgan fingerprint density at radius 2 is 1.80 bits per heavy atom. The van der Waals surface area contributed by atoms with Crippen LogP contribution in [0, 0.1) is 0 Å². The maximum absolute atomic E-state index is 4.77. The molecule has 0 saturated carbocycles. The highest BCUT2D eigenvalue weighted by molar-refractivity contribution is 7.22. The van der Waals surface area contributed by atoms with Gasteiger partial charge in [0, 0.05) is 19.0 Å². The van der Waals surface area contributed by atoms with Crippen molar-refractivity contribution in [2.75, 3.05) is 18.0 Å². The molecule has 1 aliphatic rings. The monoisotopic (exact) mass is 280 g/mol. The first-order chi connectivity index (χ1) is 9.90. The number of aromatic nitrogens is 1. The minimum Gasteiger partial charge on any atom is -0.347 e. The van der Waals surface area contributed by atoms with Gasteiger partial charge in [0.25, 0.3) is 0 Å². The van der Waals surface area contributed by atoms with E-state index < -0.39 is 0 Å². The molecule has 0 radical (unpaired) electrons. The van der Waals surface area contributed by atoms with Crippen LogP contribution in [0.3, 0.4) is 0 Å². The van der Waals surface area contributed by atoms with Crippen LogP contribution in [0.5, 0.6) is 0 Å². The number of para-hydroxylation sites is 1. The van der Waals surface area contributed by atoms with Crippen molar-refractivity contribution in [1.29, 1.82) is 0 Å². The number of fused-ring (bicyclic) bond motifs is 1. The van der Waals surface area contributed by atoms with Gasteiger partial charge in [-0.25, -0.2) is 4.98 Å². The first kappa shape index (κ1) is 11.9. The van der Waals surface area contributed by atoms with Gasteiger partial charge in [0.2, 0.25) is 0 Å². The first-order valence-corrected chi connectivity index (χ1v) is 7.87. The van der Waals surface area contributed by atoms with E-state index in [4.69, 9.17) is 4.98 Å². The van der Waals surface area contributed by atoms with Gasteiger partial charge in [-0.3, -0.25) is 0 Å². The van der Waals surface area contributed by atoms with Crippen molar-refractivity contribution < 1.29 is 0 Å². The molecule has 1 aromatic heterocycles. The summed E-state index contributed by atoms with van der Waals surface area (Å²) >= 11 is 1.81. The van der Waals surface area contributed by atoms with Gasteiger partial charge in [-0.05, 0) is 24.1 Å². The van der Waals surface area contributed by atoms with E-state index >= 15 is 0 Å². The molecule has 1 fully saturated rings. The van der Waals surface area contributed by atoms with E-state index in [-0.39, 0.29) is 0 Å². The molecule has 1 atom stereocenters. The number of hydrogen-bond acceptors (Lipinski definition) is 3. The van der Waals surface area contributed by atoms with Gasteiger partial charge in [0.15, 0.2) is 5.13 Å². The predicted octanol–water partition coefficient (Wildman–Crippen LogP) is 4.29. The van der Waals surface area contributed by atoms with Crippen molar-refractivity contribution in [3.8, 4) is 0 Å². The summed E-state index contributed by atoms with van der Waals surface area (Å²) in [5.41, 5.74) is 2.58. The van der Waals surface area contributed by atoms with Crippen molar-refractivity contribution in [2.45, 2.75) is 12.3 Å². The molecular weight excluding hydrogens is 264 g/mol. The number of anilines is 1. The van der Waals surface area contributed by atoms with Crippen molar-refractivity contribution in [1.82, 2.24) is 4.98 Å². The van der Waals surface area contributed by atoms with Crippen molar-refractivity contribution in [3.63, 3.8) is 0 Å². The molecule has 1 saturated heterocycles. The molecule has 2 aromatic carbocycles. The van der Waals surface area contributed by atoms with Crippen LogP contribution >= 0.6 is 11.3 Å². The van der Waals surface area contributed by atoms with Gasteiger partial charge in [-0.2, -0.15) is 0 Å². The molecule has 0 spiro atoms. The maximum Gasteiger partial charge on any atom is 0.186 e. The molecule has 1 unspecified atom stereocenters. The summed E-state index contributed by atoms with van der Waals surface area (Å²) in [6.07, 6.45) is 1.22. The molecular formula is C17H16N2S. The second kappa shape index (κ2) is 4.91. The summed E-state index contributed by atoms with van der Waals surface area (Å²) in [5, 5.41) is 1.17. The smallest absolute Gasteiger partial charge is 0.186 e. The number of benzene rings is 2. The minimum atomic E-state index is 0.642. The molecule has 3 heteroatoms. The molecule has 4 rings (SSSR count). The van der Waals surface area contributed by atoms with Crippen molar-refractivity contribution >= 4 is 26.7 Å². The molecule has 0 aliphatic carbocycles. The highest BCUT2D eigenvalue weighted by Gasteiger charge is 2.25. The quantitative estimate of drug-likeness (QED) is 0.696. The highest BCUT2D eigenvalue weighted by Crippen LogP contribution is 2.34. The lowest BCUT2D eigenvalue weighted by molar-refractivity contribution is 0.775. The van der Waals surface area contributed by atoms with Crippen LogP contribution in [0.25, 0.3) is 10.2 Å². The highest BCUT2D eigenvalue weighted by atomic mass is 32.1. The predicted molar refractivity (Wildman–Crippen MR) is 85.6 cm³/mol. The lowest BCUT2D eigenvalue weighted by Crippen LogP contribution is -2.18. The minimum absolute atomic E-state index is 0.642. The summed E-state index contributed by atoms with van der Waals surface area (Å²) < 4.78 is 1.28. The fourth-order valence-corrected chi connectivity index (χ4v) is 3.93. The summed E-state index contributed by atoms with van der Waals surface area (Å²) in [4.78, 5) is 7.20. The Morgan fingerprint density at radius 1 is 1.00 bits per heavy atom. The Morgan fingerprint density at radius 3 is 2.65 bits per heavy atom. The van der Waals surface area contributed by atoms with Crippen LogP contribution in [-0.4, -0.2) is 18.1 Å². The number of thiazole rings is 1. The average Bonchev–Trinajstić information content (AvgIpc) is 3.14. The maximum atomic E-state index is 4.77. The SMILES string of the molecule is c1ccc(C2CCN(c3nc4ccccc4s3)C2)cc1. The van der Waals surface area contributed by atoms with Crippen LogP contribution in [0.2, 0.25) is 0 Å². The molecule has 1 aliphatic heterocycles. The van der Waals surface area contributed by atoms with Gasteiger partial charge >= 0.3 is 0 Å². The Kier molecular flexibility index (Phi) is 2.92. The van der Waals surface area contributed by atoms with Crippen LogP contribution < -0.4 is 4.90 Å². The van der Waals surface area contributed by atoms with Crippen LogP contribution in [0.1, 0.15) is 17.9 Å². The summed E-state index contributed by atoms with van der Waals surface area (Å²) in [7, 11) is 0. The molecule has 3 aromatic rings. The van der Waals surface area contributed by atoms with Crippen LogP contribution in [0.4, 0.5) is 5.13 Å². The zero-order valence-electron chi connectivity index (χ0n) is 11.2. The lowest BCUT2D eigenvalue weighted by atomic mass is 9.99. The van der Waals surface area contributed by atoms with Gasteiger partial charge in [-0.1, -0.05) is 53.8 Å². The zero-order valence-corrected chi connectivity index (χ0v) is 12.0. The third-order valence-corrected chi connectivity index (χ3v) is 5.11. The second-order valence-corrected chi connectivity index (χ2v) is 6.32. The van der Waals surface area contributed by atoms with Gasteiger partial charge in [-0.15, -0.1) is 0 Å². The van der Waals surface area contributed by atoms with E-state index in [1.807, 2.05) is 0 Å². The average molecular weight is 280 g/mol. The Labute approximate surface area is 122 Å². The Balaban J connectivity index is 1.59. The number of hydrogen-bond donors (Lipinski definition) is 0. The van der Waals surface area contributed by atoms with E-state index in [0.717, 1.165) is 18.6 Å². The van der Waals surface area contributed by atoms with Crippen LogP contribution in [0.15, 0.2) is 54.6 Å². The third-order valence-electron chi connectivity index (χ3n) is 4.01. The second-order valence-electron chi connectivity index (χ2n) is 5.31. The third kappa shape index (κ3) is 2.08. The fourth-order valence-electron chi connectivity index (χ4n) is 2.93. The molecule has 20 heavy (non-hydrogen) atoms. The number of rotatable bonds is 2. The normalized spacial score (nSPS) is 18.8. The van der Waals surface area contributed by atoms with E-state index in [1.165, 1.54) is 21.8 Å². The summed E-state index contributed by atoms with van der Waals surface area (Å²) in [5.74, 6) is 0.642. The van der Waals surface area contributed by atoms with Crippen molar-refractivity contribution in [2.24, 2.45) is 0 Å². The molecule has 2 heterocycles. The Bertz CT molecular complexity index is 687. The topological polar surface area (TPSA) is 16.1 Å². The first-order valence-electron chi connectivity index (χ1n) is 7.05. The number of nitrogens with zero attached hydrogens (tertiary/aromatic N) is 2. The summed E-state index contributed by atoms with van der Waals surface area (Å²) in [6.45, 7) is 2.20. The molecule has 100 valence electrons. The van der Waals surface area contributed by atoms with E-state index in [9.17, 15) is 0 Å². The van der Waals surface area contributed by atoms with Gasteiger partial charge in [0.1, 0.15) is 0 Å². The lowest BCUT2D eigenvalue weighted by Gasteiger charge is -2.14. The standard InChI is InChI=1S/C17H16N2S/c1-2-6-13(7-3-1)14-10-11-19(12-14)17-18-15-8-4-5-9-16(15)20-17/h1-9,14H,10-12H2. The molecule has 0 amide bonds. The van der Waals surface area contributed by atoms with Crippen molar-refractivity contribution in [3.05, 3.63) is 60.2 Å². The molecule has 2 nitrogen and oxygen atoms in total. The molecule has 0 bridgehead atoms.